The van der Waals surface area contributed by atoms with E-state index in [0.717, 1.165) is 118 Å². The number of carbonyl (C=O) groups is 1. The number of aliphatic hydroxyl groups excluding tert-OH is 3. The number of phenolic OH excluding ortho intramolecular Hbond substituents is 4. The van der Waals surface area contributed by atoms with Gasteiger partial charge in [0.25, 0.3) is 0 Å². The molecule has 4 aliphatic rings. The van der Waals surface area contributed by atoms with Gasteiger partial charge in [0.15, 0.2) is 0 Å². The average molecular weight is 1850 g/mol. The summed E-state index contributed by atoms with van der Waals surface area (Å²) in [5.41, 5.74) is 25.7. The molecule has 4 saturated heterocycles. The van der Waals surface area contributed by atoms with Crippen LogP contribution in [0.4, 0.5) is 14.9 Å². The molecule has 17 rings (SSSR count). The Hall–Kier alpha value is -12.6. The zero-order chi connectivity index (χ0) is 95.9. The van der Waals surface area contributed by atoms with E-state index in [1.165, 1.54) is 150 Å². The molecule has 12 aromatic carbocycles. The first-order chi connectivity index (χ1) is 66.7. The number of hydrogen-bond donors (Lipinski definition) is 7. The van der Waals surface area contributed by atoms with Gasteiger partial charge >= 0.3 is 6.09 Å². The smallest absolute Gasteiger partial charge is 0.410 e. The number of halogens is 1. The van der Waals surface area contributed by atoms with Crippen molar-refractivity contribution in [1.29, 1.82) is 0 Å². The number of amides is 1. The van der Waals surface area contributed by atoms with Crippen LogP contribution in [0.3, 0.4) is 0 Å². The number of alkyl halides is 1. The van der Waals surface area contributed by atoms with Gasteiger partial charge in [0.05, 0.1) is 14.7 Å². The normalized spacial score (nSPS) is 15.1. The SMILES string of the molecule is CC(C)(C)OC(=O)N1CC(c2ccc(/C(=C(/CCCF)c3ccccc3)c3ccc(O)cc3)cc2)C1.C[Si](C)(CN1CCCC1)c1ccc(/C(=C(/CCCO)c2ccccc2)c2ccc(O)cc2)cc1.OCCC/C(=C(\c1ccc(O)cc1)c1ccc(N2CCCCC2)cc1)c1ccccc1.OCCC/C(=C(\c1ccc(O)cc1)c1ccc2c(ccn2CCN2CCCCC2)c1)c1ccccc1. The Balaban J connectivity index is 0.000000146. The van der Waals surface area contributed by atoms with Gasteiger partial charge in [0.1, 0.15) is 28.6 Å². The number of rotatable bonds is 32. The van der Waals surface area contributed by atoms with Crippen molar-refractivity contribution < 1.29 is 49.7 Å². The molecule has 13 aromatic rings. The molecule has 712 valence electrons. The van der Waals surface area contributed by atoms with Gasteiger partial charge in [0.2, 0.25) is 0 Å². The van der Waals surface area contributed by atoms with Gasteiger partial charge in [-0.2, -0.15) is 0 Å². The summed E-state index contributed by atoms with van der Waals surface area (Å²) in [7, 11) is -1.56. The summed E-state index contributed by atoms with van der Waals surface area (Å²) in [5.74, 6) is 1.27. The quantitative estimate of drug-likeness (QED) is 0.0157. The third-order valence-electron chi connectivity index (χ3n) is 26.7. The molecule has 0 aliphatic carbocycles. The Kier molecular flexibility index (Phi) is 36.5. The summed E-state index contributed by atoms with van der Waals surface area (Å²) in [6, 6.07) is 107. The molecule has 1 amide bonds. The van der Waals surface area contributed by atoms with E-state index in [0.29, 0.717) is 45.2 Å². The second-order valence-electron chi connectivity index (χ2n) is 38.3. The molecule has 14 nitrogen and oxygen atoms in total. The van der Waals surface area contributed by atoms with E-state index in [-0.39, 0.29) is 61.5 Å². The Labute approximate surface area is 812 Å². The van der Waals surface area contributed by atoms with Crippen LogP contribution in [-0.4, -0.2) is 166 Å². The summed E-state index contributed by atoms with van der Waals surface area (Å²) in [6.07, 6.45) is 19.2. The number of aromatic hydroxyl groups is 4. The fourth-order valence-corrected chi connectivity index (χ4v) is 22.2. The number of fused-ring (bicyclic) bond motifs is 1. The van der Waals surface area contributed by atoms with Crippen molar-refractivity contribution in [2.24, 2.45) is 0 Å². The number of benzene rings is 12. The van der Waals surface area contributed by atoms with Crippen molar-refractivity contribution in [3.8, 4) is 23.0 Å². The number of aromatic nitrogens is 1. The summed E-state index contributed by atoms with van der Waals surface area (Å²) in [4.78, 5) is 21.7. The van der Waals surface area contributed by atoms with Crippen LogP contribution in [0.15, 0.2) is 322 Å². The molecule has 7 N–H and O–H groups in total. The minimum atomic E-state index is -1.56. The number of carbonyl (C=O) groups excluding carboxylic acids is 1. The number of phenols is 4. The maximum atomic E-state index is 13.3. The van der Waals surface area contributed by atoms with Crippen LogP contribution in [0.25, 0.3) is 55.5 Å². The van der Waals surface area contributed by atoms with Gasteiger partial charge < -0.3 is 64.6 Å². The summed E-state index contributed by atoms with van der Waals surface area (Å²) in [6.45, 7) is 21.3. The van der Waals surface area contributed by atoms with E-state index in [2.05, 4.69) is 221 Å². The van der Waals surface area contributed by atoms with Crippen molar-refractivity contribution in [2.75, 3.05) is 96.5 Å². The topological polar surface area (TPSA) is 186 Å². The first kappa shape index (κ1) is 100. The maximum absolute atomic E-state index is 13.3. The van der Waals surface area contributed by atoms with Crippen LogP contribution in [-0.2, 0) is 11.3 Å². The predicted octanol–water partition coefficient (Wildman–Crippen LogP) is 25.8. The first-order valence-electron chi connectivity index (χ1n) is 49.5. The van der Waals surface area contributed by atoms with Crippen LogP contribution in [0.5, 0.6) is 23.0 Å². The lowest BCUT2D eigenvalue weighted by molar-refractivity contribution is 0.00817. The van der Waals surface area contributed by atoms with Gasteiger partial charge in [0, 0.05) is 87.8 Å². The monoisotopic (exact) mass is 1850 g/mol. The third-order valence-corrected chi connectivity index (χ3v) is 29.8. The van der Waals surface area contributed by atoms with E-state index in [1.807, 2.05) is 106 Å². The lowest BCUT2D eigenvalue weighted by Gasteiger charge is -2.40. The van der Waals surface area contributed by atoms with Gasteiger partial charge in [-0.25, -0.2) is 4.79 Å². The average Bonchev–Trinajstić information content (AvgIpc) is 0.885. The standard InChI is InChI=1S/C32H36N2O2.C31H34FNO3.C30H37NO2Si.C28H31NO2/c35-23-7-10-30(25-8-3-1-4-9-25)32(26-11-14-29(36)15-12-26)28-13-16-31-27(24-28)17-20-34(31)22-21-33-18-5-2-6-19-33;1-31(2,3)36-30(35)33-20-26(21-33)22-11-13-24(14-12-22)29(25-15-17-27(34)18-16-25)28(10-7-19-32)23-8-5-4-6-9-23;1-34(2,23-31-20-6-7-21-31)28-18-14-26(15-19-28)30(25-12-16-27(33)17-13-25)29(11-8-22-32)24-9-4-3-5-10-24;30-21-7-10-27(22-8-3-1-4-9-22)28(24-13-17-26(31)18-14-24)23-11-15-25(16-12-23)29-19-5-2-6-20-29/h1,3-4,8-9,11-17,20,24,35-36H,2,5-7,10,18-19,21-23H2;4-6,8-9,11-18,26,34H,7,10,19-21H2,1-3H3;3-5,9-10,12-19,32-33H,6-8,11,20-23H2,1-2H3;1,3-4,8-9,11-18,30-31H,2,5-7,10,19-21H2/b32-30-;29-28+;30-29-;28-27+. The zero-order valence-electron chi connectivity index (χ0n) is 80.7. The number of allylic oxidation sites excluding steroid dienone is 4. The van der Waals surface area contributed by atoms with E-state index in [4.69, 9.17) is 4.74 Å². The maximum Gasteiger partial charge on any atom is 0.410 e. The lowest BCUT2D eigenvalue weighted by atomic mass is 9.85. The highest BCUT2D eigenvalue weighted by Gasteiger charge is 2.35. The largest absolute Gasteiger partial charge is 0.508 e. The molecule has 0 radical (unpaired) electrons. The molecule has 137 heavy (non-hydrogen) atoms. The van der Waals surface area contributed by atoms with E-state index in [1.54, 1.807) is 53.4 Å². The highest BCUT2D eigenvalue weighted by Crippen LogP contribution is 2.43. The number of anilines is 1. The highest BCUT2D eigenvalue weighted by molar-refractivity contribution is 6.90. The number of nitrogens with zero attached hydrogens (tertiary/aromatic N) is 5. The Morgan fingerprint density at radius 1 is 0.372 bits per heavy atom. The molecule has 0 atom stereocenters. The zero-order valence-corrected chi connectivity index (χ0v) is 81.7. The number of aliphatic hydroxyl groups is 3. The van der Waals surface area contributed by atoms with Crippen molar-refractivity contribution in [2.45, 2.75) is 155 Å². The molecule has 1 aromatic heterocycles. The van der Waals surface area contributed by atoms with Crippen LogP contribution in [0.1, 0.15) is 202 Å². The summed E-state index contributed by atoms with van der Waals surface area (Å²) in [5, 5.41) is 71.1. The van der Waals surface area contributed by atoms with Gasteiger partial charge in [-0.3, -0.25) is 4.39 Å². The first-order valence-corrected chi connectivity index (χ1v) is 52.7. The van der Waals surface area contributed by atoms with Gasteiger partial charge in [-0.05, 0) is 345 Å². The van der Waals surface area contributed by atoms with Gasteiger partial charge in [-0.15, -0.1) is 0 Å². The minimum Gasteiger partial charge on any atom is -0.508 e. The fraction of sp³-hybridized carbons (Fsp3) is 0.314. The van der Waals surface area contributed by atoms with Crippen molar-refractivity contribution in [1.82, 2.24) is 19.3 Å². The molecular weight excluding hydrogens is 1710 g/mol. The Morgan fingerprint density at radius 3 is 1.09 bits per heavy atom. The minimum absolute atomic E-state index is 0.151. The van der Waals surface area contributed by atoms with Crippen molar-refractivity contribution in [3.63, 3.8) is 0 Å². The molecule has 16 heteroatoms. The number of likely N-dealkylation sites (tertiary alicyclic amines) is 3. The molecule has 5 heterocycles. The van der Waals surface area contributed by atoms with Crippen molar-refractivity contribution in [3.05, 3.63) is 394 Å². The molecular formula is C121H138FN5O9Si. The van der Waals surface area contributed by atoms with Gasteiger partial charge in [-0.1, -0.05) is 261 Å². The number of hydrogen-bond acceptors (Lipinski definition) is 12. The molecule has 0 unspecified atom stereocenters. The highest BCUT2D eigenvalue weighted by atomic mass is 28.3. The van der Waals surface area contributed by atoms with Crippen LogP contribution in [0.2, 0.25) is 13.1 Å². The molecule has 4 aliphatic heterocycles. The number of piperidine rings is 2. The second-order valence-corrected chi connectivity index (χ2v) is 42.9. The van der Waals surface area contributed by atoms with Crippen LogP contribution < -0.4 is 10.1 Å². The fourth-order valence-electron chi connectivity index (χ4n) is 19.5. The van der Waals surface area contributed by atoms with E-state index >= 15 is 0 Å². The third kappa shape index (κ3) is 27.9. The number of ether oxygens (including phenoxy) is 1. The lowest BCUT2D eigenvalue weighted by Crippen LogP contribution is -2.51. The Morgan fingerprint density at radius 2 is 0.708 bits per heavy atom. The molecule has 0 bridgehead atoms. The van der Waals surface area contributed by atoms with E-state index in [9.17, 15) is 44.9 Å². The summed E-state index contributed by atoms with van der Waals surface area (Å²) < 4.78 is 21.1. The molecule has 0 saturated carbocycles. The van der Waals surface area contributed by atoms with E-state index < -0.39 is 13.7 Å². The second kappa shape index (κ2) is 49.9. The predicted molar refractivity (Wildman–Crippen MR) is 567 cm³/mol. The molecule has 4 fully saturated rings. The molecule has 0 spiro atoms. The van der Waals surface area contributed by atoms with Crippen LogP contribution in [0, 0.1) is 0 Å². The van der Waals surface area contributed by atoms with Crippen LogP contribution >= 0.6 is 0 Å². The Bertz CT molecular complexity index is 6060. The van der Waals surface area contributed by atoms with Crippen molar-refractivity contribution >= 4 is 80.5 Å². The summed E-state index contributed by atoms with van der Waals surface area (Å²) >= 11 is 0.